The van der Waals surface area contributed by atoms with E-state index in [1.54, 1.807) is 0 Å². The summed E-state index contributed by atoms with van der Waals surface area (Å²) in [6.07, 6.45) is 52.9. The topological polar surface area (TPSA) is 78.9 Å². The molecule has 0 heterocycles. The van der Waals surface area contributed by atoms with E-state index in [1.807, 2.05) is 0 Å². The monoisotopic (exact) mass is 801 g/mol. The Morgan fingerprint density at radius 1 is 0.368 bits per heavy atom. The van der Waals surface area contributed by atoms with E-state index in [0.717, 1.165) is 83.5 Å². The highest BCUT2D eigenvalue weighted by molar-refractivity contribution is 5.71. The number of esters is 3. The van der Waals surface area contributed by atoms with E-state index in [1.165, 1.54) is 128 Å². The SMILES string of the molecule is CC/C=C\C/C=C\CCCCC(=O)OCC(COC(=O)CCCCCCCCCCCCCCCCCC)OC(=O)CCCCC/C=C\CCCCCCCCC. The molecule has 0 bridgehead atoms. The molecule has 57 heavy (non-hydrogen) atoms. The average molecular weight is 801 g/mol. The third kappa shape index (κ3) is 44.6. The number of carbonyl (C=O) groups excluding carboxylic acids is 3. The van der Waals surface area contributed by atoms with Gasteiger partial charge in [0.1, 0.15) is 13.2 Å². The average Bonchev–Trinajstić information content (AvgIpc) is 3.21. The maximum absolute atomic E-state index is 12.7. The fraction of sp³-hybridized carbons (Fsp3) is 0.824. The number of unbranched alkanes of at least 4 members (excludes halogenated alkanes) is 27. The van der Waals surface area contributed by atoms with E-state index in [0.29, 0.717) is 19.3 Å². The molecule has 6 nitrogen and oxygen atoms in total. The van der Waals surface area contributed by atoms with Crippen LogP contribution in [-0.4, -0.2) is 37.2 Å². The third-order valence-electron chi connectivity index (χ3n) is 10.6. The molecule has 0 aliphatic carbocycles. The molecule has 0 aromatic rings. The van der Waals surface area contributed by atoms with Crippen molar-refractivity contribution in [2.24, 2.45) is 0 Å². The summed E-state index contributed by atoms with van der Waals surface area (Å²) in [7, 11) is 0. The van der Waals surface area contributed by atoms with Crippen LogP contribution in [0.3, 0.4) is 0 Å². The summed E-state index contributed by atoms with van der Waals surface area (Å²) in [5.41, 5.74) is 0. The Labute approximate surface area is 353 Å². The lowest BCUT2D eigenvalue weighted by molar-refractivity contribution is -0.167. The number of hydrogen-bond acceptors (Lipinski definition) is 6. The quantitative estimate of drug-likeness (QED) is 0.0264. The normalized spacial score (nSPS) is 12.3. The Kier molecular flexibility index (Phi) is 44.4. The van der Waals surface area contributed by atoms with Crippen LogP contribution in [0.2, 0.25) is 0 Å². The van der Waals surface area contributed by atoms with Gasteiger partial charge in [-0.2, -0.15) is 0 Å². The van der Waals surface area contributed by atoms with Crippen LogP contribution < -0.4 is 0 Å². The van der Waals surface area contributed by atoms with E-state index in [4.69, 9.17) is 14.2 Å². The molecule has 0 fully saturated rings. The van der Waals surface area contributed by atoms with Gasteiger partial charge in [-0.15, -0.1) is 0 Å². The van der Waals surface area contributed by atoms with Gasteiger partial charge in [0.2, 0.25) is 0 Å². The number of rotatable bonds is 44. The summed E-state index contributed by atoms with van der Waals surface area (Å²) in [5, 5.41) is 0. The van der Waals surface area contributed by atoms with E-state index in [9.17, 15) is 14.4 Å². The molecule has 0 spiro atoms. The van der Waals surface area contributed by atoms with Crippen LogP contribution in [0.5, 0.6) is 0 Å². The highest BCUT2D eigenvalue weighted by atomic mass is 16.6. The highest BCUT2D eigenvalue weighted by Crippen LogP contribution is 2.15. The molecule has 1 unspecified atom stereocenters. The molecule has 1 atom stereocenters. The van der Waals surface area contributed by atoms with E-state index in [2.05, 4.69) is 57.2 Å². The Morgan fingerprint density at radius 3 is 1.12 bits per heavy atom. The summed E-state index contributed by atoms with van der Waals surface area (Å²) in [6, 6.07) is 0. The van der Waals surface area contributed by atoms with Gasteiger partial charge in [-0.1, -0.05) is 198 Å². The van der Waals surface area contributed by atoms with Crippen molar-refractivity contribution < 1.29 is 28.6 Å². The fourth-order valence-electron chi connectivity index (χ4n) is 6.94. The van der Waals surface area contributed by atoms with Crippen molar-refractivity contribution in [3.63, 3.8) is 0 Å². The largest absolute Gasteiger partial charge is 0.462 e. The molecule has 0 aliphatic heterocycles. The van der Waals surface area contributed by atoms with Crippen molar-refractivity contribution >= 4 is 17.9 Å². The van der Waals surface area contributed by atoms with Gasteiger partial charge in [0, 0.05) is 19.3 Å². The lowest BCUT2D eigenvalue weighted by Crippen LogP contribution is -2.30. The van der Waals surface area contributed by atoms with Crippen molar-refractivity contribution in [2.45, 2.75) is 258 Å². The molecule has 0 aliphatic rings. The minimum absolute atomic E-state index is 0.0858. The molecule has 0 amide bonds. The molecular formula is C51H92O6. The second kappa shape index (κ2) is 46.3. The van der Waals surface area contributed by atoms with Gasteiger partial charge in [-0.3, -0.25) is 14.4 Å². The molecule has 0 aromatic carbocycles. The molecular weight excluding hydrogens is 709 g/mol. The zero-order valence-electron chi connectivity index (χ0n) is 37.9. The predicted molar refractivity (Wildman–Crippen MR) is 242 cm³/mol. The van der Waals surface area contributed by atoms with E-state index >= 15 is 0 Å². The molecule has 0 saturated heterocycles. The van der Waals surface area contributed by atoms with Gasteiger partial charge < -0.3 is 14.2 Å². The molecule has 0 rings (SSSR count). The summed E-state index contributed by atoms with van der Waals surface area (Å²) in [5.74, 6) is -0.934. The molecule has 332 valence electrons. The van der Waals surface area contributed by atoms with Crippen molar-refractivity contribution in [3.05, 3.63) is 36.5 Å². The smallest absolute Gasteiger partial charge is 0.306 e. The van der Waals surface area contributed by atoms with Crippen LogP contribution in [0.25, 0.3) is 0 Å². The Hall–Kier alpha value is -2.37. The molecule has 0 N–H and O–H groups in total. The summed E-state index contributed by atoms with van der Waals surface area (Å²) >= 11 is 0. The van der Waals surface area contributed by atoms with E-state index in [-0.39, 0.29) is 31.1 Å². The summed E-state index contributed by atoms with van der Waals surface area (Å²) < 4.78 is 16.7. The van der Waals surface area contributed by atoms with Gasteiger partial charge in [0.05, 0.1) is 0 Å². The predicted octanol–water partition coefficient (Wildman–Crippen LogP) is 15.8. The van der Waals surface area contributed by atoms with Crippen LogP contribution in [0, 0.1) is 0 Å². The van der Waals surface area contributed by atoms with Crippen LogP contribution in [0.1, 0.15) is 252 Å². The fourth-order valence-corrected chi connectivity index (χ4v) is 6.94. The number of carbonyl (C=O) groups is 3. The van der Waals surface area contributed by atoms with Crippen molar-refractivity contribution in [3.8, 4) is 0 Å². The van der Waals surface area contributed by atoms with Gasteiger partial charge in [0.25, 0.3) is 0 Å². The van der Waals surface area contributed by atoms with Crippen LogP contribution in [0.15, 0.2) is 36.5 Å². The molecule has 0 radical (unpaired) electrons. The van der Waals surface area contributed by atoms with Crippen LogP contribution in [-0.2, 0) is 28.6 Å². The van der Waals surface area contributed by atoms with E-state index < -0.39 is 6.10 Å². The summed E-state index contributed by atoms with van der Waals surface area (Å²) in [6.45, 7) is 6.48. The van der Waals surface area contributed by atoms with Crippen molar-refractivity contribution in [1.29, 1.82) is 0 Å². The maximum Gasteiger partial charge on any atom is 0.306 e. The molecule has 0 aromatic heterocycles. The number of ether oxygens (including phenoxy) is 3. The number of hydrogen-bond donors (Lipinski definition) is 0. The first-order valence-electron chi connectivity index (χ1n) is 24.5. The molecule has 6 heteroatoms. The van der Waals surface area contributed by atoms with Crippen LogP contribution in [0.4, 0.5) is 0 Å². The third-order valence-corrected chi connectivity index (χ3v) is 10.6. The van der Waals surface area contributed by atoms with Crippen LogP contribution >= 0.6 is 0 Å². The minimum atomic E-state index is -0.787. The van der Waals surface area contributed by atoms with Gasteiger partial charge in [-0.05, 0) is 70.6 Å². The van der Waals surface area contributed by atoms with Crippen molar-refractivity contribution in [2.75, 3.05) is 13.2 Å². The first kappa shape index (κ1) is 54.6. The zero-order chi connectivity index (χ0) is 41.5. The standard InChI is InChI=1S/C51H92O6/c1-4-7-10-13-16-19-21-23-25-26-28-29-32-35-38-41-44-50(53)56-47-48(46-55-49(52)43-40-37-34-31-18-15-12-9-6-3)57-51(54)45-42-39-36-33-30-27-24-22-20-17-14-11-8-5-2/h9,12,18,27,30-31,48H,4-8,10-11,13-17,19-26,28-29,32-47H2,1-3H3/b12-9-,30-27-,31-18-. The zero-order valence-corrected chi connectivity index (χ0v) is 37.9. The van der Waals surface area contributed by atoms with Gasteiger partial charge in [-0.25, -0.2) is 0 Å². The van der Waals surface area contributed by atoms with Gasteiger partial charge >= 0.3 is 17.9 Å². The Morgan fingerprint density at radius 2 is 0.684 bits per heavy atom. The Bertz CT molecular complexity index is 969. The second-order valence-corrected chi connectivity index (χ2v) is 16.3. The first-order chi connectivity index (χ1) is 28.0. The molecule has 0 saturated carbocycles. The number of allylic oxidation sites excluding steroid dienone is 6. The lowest BCUT2D eigenvalue weighted by Gasteiger charge is -2.18. The summed E-state index contributed by atoms with van der Waals surface area (Å²) in [4.78, 5) is 37.8. The lowest BCUT2D eigenvalue weighted by atomic mass is 10.0. The van der Waals surface area contributed by atoms with Gasteiger partial charge in [0.15, 0.2) is 6.10 Å². The van der Waals surface area contributed by atoms with Crippen molar-refractivity contribution in [1.82, 2.24) is 0 Å². The highest BCUT2D eigenvalue weighted by Gasteiger charge is 2.19. The minimum Gasteiger partial charge on any atom is -0.462 e. The maximum atomic E-state index is 12.7. The second-order valence-electron chi connectivity index (χ2n) is 16.3. The Balaban J connectivity index is 4.34. The first-order valence-corrected chi connectivity index (χ1v) is 24.5.